The molecule has 0 fully saturated rings. The molecule has 0 atom stereocenters. The van der Waals surface area contributed by atoms with E-state index in [9.17, 15) is 4.79 Å². The fourth-order valence-electron chi connectivity index (χ4n) is 1.76. The maximum atomic E-state index is 11.8. The Morgan fingerprint density at radius 1 is 1.19 bits per heavy atom. The summed E-state index contributed by atoms with van der Waals surface area (Å²) in [5.74, 6) is 0.797. The van der Waals surface area contributed by atoms with Gasteiger partial charge in [0.1, 0.15) is 0 Å². The first kappa shape index (κ1) is 19.4. The molecule has 10 heteroatoms. The van der Waals surface area contributed by atoms with Crippen LogP contribution in [0, 0.1) is 0 Å². The lowest BCUT2D eigenvalue weighted by molar-refractivity contribution is -0.118. The minimum Gasteiger partial charge on any atom is -0.272 e. The van der Waals surface area contributed by atoms with E-state index in [4.69, 9.17) is 11.6 Å². The highest BCUT2D eigenvalue weighted by atomic mass is 35.5. The highest BCUT2D eigenvalue weighted by molar-refractivity contribution is 8.03. The van der Waals surface area contributed by atoms with Crippen LogP contribution >= 0.6 is 57.8 Å². The second-order valence-corrected chi connectivity index (χ2v) is 9.62. The zero-order valence-corrected chi connectivity index (χ0v) is 17.3. The molecule has 1 amide bonds. The van der Waals surface area contributed by atoms with E-state index in [-0.39, 0.29) is 11.7 Å². The van der Waals surface area contributed by atoms with Gasteiger partial charge in [-0.25, -0.2) is 5.43 Å². The summed E-state index contributed by atoms with van der Waals surface area (Å²) in [6.45, 7) is 0. The molecular weight excluding hydrogens is 428 g/mol. The van der Waals surface area contributed by atoms with Crippen LogP contribution in [0.2, 0.25) is 5.02 Å². The number of carbonyl (C=O) groups excluding carboxylic acids is 1. The normalized spacial score (nSPS) is 11.1. The molecule has 0 radical (unpaired) electrons. The lowest BCUT2D eigenvalue weighted by Gasteiger charge is -2.00. The monoisotopic (exact) mass is 440 g/mol. The molecule has 3 aromatic rings. The number of hydrogen-bond donors (Lipinski definition) is 1. The molecule has 0 aliphatic carbocycles. The van der Waals surface area contributed by atoms with E-state index < -0.39 is 0 Å². The van der Waals surface area contributed by atoms with Crippen LogP contribution in [0.25, 0.3) is 0 Å². The molecule has 0 bridgehead atoms. The van der Waals surface area contributed by atoms with Gasteiger partial charge < -0.3 is 0 Å². The maximum Gasteiger partial charge on any atom is 0.250 e. The summed E-state index contributed by atoms with van der Waals surface area (Å²) in [4.78, 5) is 12.8. The van der Waals surface area contributed by atoms with Crippen LogP contribution in [0.3, 0.4) is 0 Å². The Balaban J connectivity index is 1.42. The van der Waals surface area contributed by atoms with E-state index in [0.29, 0.717) is 0 Å². The molecule has 26 heavy (non-hydrogen) atoms. The molecule has 5 nitrogen and oxygen atoms in total. The van der Waals surface area contributed by atoms with E-state index in [1.165, 1.54) is 23.1 Å². The smallest absolute Gasteiger partial charge is 0.250 e. The Morgan fingerprint density at radius 3 is 2.77 bits per heavy atom. The van der Waals surface area contributed by atoms with E-state index in [2.05, 4.69) is 20.7 Å². The summed E-state index contributed by atoms with van der Waals surface area (Å²) in [6, 6.07) is 11.6. The van der Waals surface area contributed by atoms with Crippen molar-refractivity contribution in [1.82, 2.24) is 15.6 Å². The Labute approximate surface area is 172 Å². The number of thioether (sulfide) groups is 2. The van der Waals surface area contributed by atoms with Crippen molar-refractivity contribution in [2.45, 2.75) is 14.4 Å². The molecule has 2 heterocycles. The highest BCUT2D eigenvalue weighted by Gasteiger charge is 2.09. The quantitative estimate of drug-likeness (QED) is 0.310. The number of rotatable bonds is 8. The van der Waals surface area contributed by atoms with Crippen LogP contribution in [0.1, 0.15) is 10.4 Å². The van der Waals surface area contributed by atoms with Crippen LogP contribution in [0.4, 0.5) is 0 Å². The number of halogens is 1. The summed E-state index contributed by atoms with van der Waals surface area (Å²) >= 11 is 12.1. The minimum absolute atomic E-state index is 0.178. The van der Waals surface area contributed by atoms with Crippen molar-refractivity contribution in [3.8, 4) is 0 Å². The first-order valence-corrected chi connectivity index (χ1v) is 11.4. The number of hydrogen-bond acceptors (Lipinski definition) is 8. The van der Waals surface area contributed by atoms with Gasteiger partial charge in [0.05, 0.1) is 12.0 Å². The summed E-state index contributed by atoms with van der Waals surface area (Å²) in [5, 5.41) is 14.9. The van der Waals surface area contributed by atoms with Gasteiger partial charge in [0.15, 0.2) is 8.68 Å². The SMILES string of the molecule is O=C(CSc1nnc(SCc2ccccc2Cl)s1)NN=Cc1cccs1. The largest absolute Gasteiger partial charge is 0.272 e. The fourth-order valence-corrected chi connectivity index (χ4v) is 5.44. The lowest BCUT2D eigenvalue weighted by Crippen LogP contribution is -2.19. The van der Waals surface area contributed by atoms with Gasteiger partial charge in [-0.15, -0.1) is 21.5 Å². The van der Waals surface area contributed by atoms with Crippen LogP contribution in [-0.2, 0) is 10.5 Å². The van der Waals surface area contributed by atoms with Gasteiger partial charge in [0.25, 0.3) is 5.91 Å². The van der Waals surface area contributed by atoms with Gasteiger partial charge in [-0.05, 0) is 23.1 Å². The van der Waals surface area contributed by atoms with E-state index >= 15 is 0 Å². The second-order valence-electron chi connectivity index (χ2n) is 4.81. The molecular formula is C16H13ClN4OS4. The number of aromatic nitrogens is 2. The first-order chi connectivity index (χ1) is 12.7. The number of nitrogens with one attached hydrogen (secondary N) is 1. The number of hydrazone groups is 1. The van der Waals surface area contributed by atoms with Gasteiger partial charge in [-0.3, -0.25) is 4.79 Å². The third-order valence-electron chi connectivity index (χ3n) is 2.95. The zero-order chi connectivity index (χ0) is 18.2. The van der Waals surface area contributed by atoms with Gasteiger partial charge in [0, 0.05) is 15.7 Å². The number of carbonyl (C=O) groups is 1. The van der Waals surface area contributed by atoms with E-state index in [1.54, 1.807) is 29.3 Å². The first-order valence-electron chi connectivity index (χ1n) is 7.38. The summed E-state index contributed by atoms with van der Waals surface area (Å²) in [7, 11) is 0. The van der Waals surface area contributed by atoms with Gasteiger partial charge in [-0.2, -0.15) is 5.10 Å². The zero-order valence-electron chi connectivity index (χ0n) is 13.3. The molecule has 0 saturated carbocycles. The average molecular weight is 441 g/mol. The molecule has 2 aromatic heterocycles. The molecule has 0 spiro atoms. The van der Waals surface area contributed by atoms with Crippen LogP contribution in [0.15, 0.2) is 55.6 Å². The number of thiophene rings is 1. The van der Waals surface area contributed by atoms with Crippen LogP contribution in [0.5, 0.6) is 0 Å². The number of benzene rings is 1. The molecule has 0 aliphatic heterocycles. The molecule has 1 N–H and O–H groups in total. The Morgan fingerprint density at radius 2 is 2.00 bits per heavy atom. The van der Waals surface area contributed by atoms with E-state index in [0.717, 1.165) is 29.9 Å². The molecule has 0 saturated heterocycles. The van der Waals surface area contributed by atoms with Crippen molar-refractivity contribution in [2.24, 2.45) is 5.10 Å². The Hall–Kier alpha value is -1.39. The predicted molar refractivity (Wildman–Crippen MR) is 112 cm³/mol. The van der Waals surface area contributed by atoms with Crippen molar-refractivity contribution in [1.29, 1.82) is 0 Å². The molecule has 3 rings (SSSR count). The van der Waals surface area contributed by atoms with Crippen molar-refractivity contribution < 1.29 is 4.79 Å². The van der Waals surface area contributed by atoms with Gasteiger partial charge in [0.2, 0.25) is 0 Å². The number of nitrogens with zero attached hydrogens (tertiary/aromatic N) is 3. The summed E-state index contributed by atoms with van der Waals surface area (Å²) in [6.07, 6.45) is 1.63. The third kappa shape index (κ3) is 6.10. The van der Waals surface area contributed by atoms with Crippen molar-refractivity contribution >= 4 is 69.9 Å². The third-order valence-corrected chi connectivity index (χ3v) is 7.36. The van der Waals surface area contributed by atoms with Gasteiger partial charge in [-0.1, -0.05) is 70.7 Å². The standard InChI is InChI=1S/C16H13ClN4OS4/c17-13-6-2-1-4-11(13)9-24-15-20-21-16(26-15)25-10-14(22)19-18-8-12-5-3-7-23-12/h1-8H,9-10H2,(H,19,22). The van der Waals surface area contributed by atoms with Gasteiger partial charge >= 0.3 is 0 Å². The Kier molecular flexibility index (Phi) is 7.51. The van der Waals surface area contributed by atoms with Crippen molar-refractivity contribution in [2.75, 3.05) is 5.75 Å². The van der Waals surface area contributed by atoms with Crippen LogP contribution < -0.4 is 5.43 Å². The molecule has 0 unspecified atom stereocenters. The Bertz CT molecular complexity index is 882. The predicted octanol–water partition coefficient (Wildman–Crippen LogP) is 4.79. The van der Waals surface area contributed by atoms with Crippen molar-refractivity contribution in [3.05, 3.63) is 57.2 Å². The average Bonchev–Trinajstić information content (AvgIpc) is 3.31. The highest BCUT2D eigenvalue weighted by Crippen LogP contribution is 2.32. The van der Waals surface area contributed by atoms with Crippen LogP contribution in [-0.4, -0.2) is 28.1 Å². The fraction of sp³-hybridized carbons (Fsp3) is 0.125. The second kappa shape index (κ2) is 10.1. The lowest BCUT2D eigenvalue weighted by atomic mass is 10.2. The molecule has 1 aromatic carbocycles. The topological polar surface area (TPSA) is 67.2 Å². The van der Waals surface area contributed by atoms with Crippen molar-refractivity contribution in [3.63, 3.8) is 0 Å². The minimum atomic E-state index is -0.178. The molecule has 134 valence electrons. The summed E-state index contributed by atoms with van der Waals surface area (Å²) in [5.41, 5.74) is 3.57. The maximum absolute atomic E-state index is 11.8. The van der Waals surface area contributed by atoms with E-state index in [1.807, 2.05) is 41.8 Å². The number of amides is 1. The summed E-state index contributed by atoms with van der Waals surface area (Å²) < 4.78 is 1.60. The molecule has 0 aliphatic rings.